The molecular formula is C63H53F2N3. The van der Waals surface area contributed by atoms with Crippen molar-refractivity contribution in [2.75, 3.05) is 9.80 Å². The monoisotopic (exact) mass is 889 g/mol. The van der Waals surface area contributed by atoms with Gasteiger partial charge >= 0.3 is 0 Å². The first-order valence-electron chi connectivity index (χ1n) is 23.7. The Morgan fingerprint density at radius 3 is 1.50 bits per heavy atom. The second-order valence-corrected chi connectivity index (χ2v) is 20.9. The fourth-order valence-electron chi connectivity index (χ4n) is 11.6. The zero-order valence-electron chi connectivity index (χ0n) is 40.1. The predicted octanol–water partition coefficient (Wildman–Crippen LogP) is 18.0. The van der Waals surface area contributed by atoms with Crippen LogP contribution in [0, 0.1) is 39.3 Å². The maximum Gasteiger partial charge on any atom is 0.123 e. The minimum absolute atomic E-state index is 0.0876. The van der Waals surface area contributed by atoms with E-state index in [1.165, 1.54) is 93.4 Å². The number of aromatic nitrogens is 1. The van der Waals surface area contributed by atoms with Crippen LogP contribution in [0.2, 0.25) is 0 Å². The summed E-state index contributed by atoms with van der Waals surface area (Å²) in [4.78, 5) is 4.50. The highest BCUT2D eigenvalue weighted by atomic mass is 19.1. The molecule has 0 fully saturated rings. The first kappa shape index (κ1) is 41.9. The number of rotatable bonds is 6. The van der Waals surface area contributed by atoms with Crippen LogP contribution in [0.25, 0.3) is 60.0 Å². The number of hydrogen-bond acceptors (Lipinski definition) is 2. The molecule has 0 atom stereocenters. The highest BCUT2D eigenvalue weighted by Crippen LogP contribution is 2.55. The predicted molar refractivity (Wildman–Crippen MR) is 283 cm³/mol. The van der Waals surface area contributed by atoms with Crippen molar-refractivity contribution in [3.8, 4) is 11.1 Å². The summed E-state index contributed by atoms with van der Waals surface area (Å²) in [5.74, 6) is -0.512. The van der Waals surface area contributed by atoms with Crippen LogP contribution in [0.4, 0.5) is 42.9 Å². The van der Waals surface area contributed by atoms with Gasteiger partial charge in [-0.05, 0) is 209 Å². The van der Waals surface area contributed by atoms with Crippen LogP contribution in [-0.2, 0) is 10.8 Å². The number of aryl methyl sites for hydroxylation is 4. The topological polar surface area (TPSA) is 10.9 Å². The smallest absolute Gasteiger partial charge is 0.123 e. The van der Waals surface area contributed by atoms with Crippen LogP contribution in [0.1, 0.15) is 73.6 Å². The Balaban J connectivity index is 1.09. The molecular weight excluding hydrogens is 837 g/mol. The van der Waals surface area contributed by atoms with E-state index in [4.69, 9.17) is 0 Å². The molecule has 11 aromatic rings. The molecule has 0 saturated heterocycles. The summed E-state index contributed by atoms with van der Waals surface area (Å²) in [6.45, 7) is 20.1. The number of nitrogens with zero attached hydrogens (tertiary/aromatic N) is 3. The van der Waals surface area contributed by atoms with Crippen molar-refractivity contribution >= 4 is 83.0 Å². The van der Waals surface area contributed by atoms with E-state index in [-0.39, 0.29) is 22.5 Å². The largest absolute Gasteiger partial charge is 0.310 e. The second-order valence-electron chi connectivity index (χ2n) is 20.9. The lowest BCUT2D eigenvalue weighted by atomic mass is 9.81. The molecule has 12 rings (SSSR count). The van der Waals surface area contributed by atoms with E-state index >= 15 is 0 Å². The molecule has 0 unspecified atom stereocenters. The fraction of sp³-hybridized carbons (Fsp3) is 0.175. The van der Waals surface area contributed by atoms with Gasteiger partial charge < -0.3 is 14.2 Å². The minimum Gasteiger partial charge on any atom is -0.310 e. The van der Waals surface area contributed by atoms with Crippen LogP contribution in [0.15, 0.2) is 158 Å². The van der Waals surface area contributed by atoms with Gasteiger partial charge in [0.2, 0.25) is 0 Å². The Kier molecular flexibility index (Phi) is 9.09. The van der Waals surface area contributed by atoms with E-state index in [1.54, 1.807) is 24.3 Å². The average Bonchev–Trinajstić information content (AvgIpc) is 3.89. The lowest BCUT2D eigenvalue weighted by Crippen LogP contribution is -2.16. The SMILES string of the molecule is Cc1cc(C)cc(N(c2ccc(F)cc2)c2ccc3c(c2)C(C)(C)c2ccc4c(ccc5c4c4cc(C(C)(C)C)cc6c7ccc(N(c8ccc(F)cc8)c8cc(C)cc(C)c8)cc7n5c64)c2-3)c1. The third-order valence-electron chi connectivity index (χ3n) is 14.6. The van der Waals surface area contributed by atoms with E-state index in [2.05, 4.69) is 186 Å². The fourth-order valence-corrected chi connectivity index (χ4v) is 11.6. The van der Waals surface area contributed by atoms with Crippen molar-refractivity contribution in [3.63, 3.8) is 0 Å². The Bertz CT molecular complexity index is 3830. The van der Waals surface area contributed by atoms with Gasteiger partial charge in [-0.25, -0.2) is 8.78 Å². The van der Waals surface area contributed by atoms with Gasteiger partial charge in [0.1, 0.15) is 11.6 Å². The Labute approximate surface area is 396 Å². The van der Waals surface area contributed by atoms with E-state index < -0.39 is 0 Å². The van der Waals surface area contributed by atoms with Crippen molar-refractivity contribution in [2.45, 2.75) is 73.1 Å². The maximum absolute atomic E-state index is 14.4. The lowest BCUT2D eigenvalue weighted by molar-refractivity contribution is 0.592. The van der Waals surface area contributed by atoms with Crippen LogP contribution in [0.3, 0.4) is 0 Å². The highest BCUT2D eigenvalue weighted by Gasteiger charge is 2.38. The van der Waals surface area contributed by atoms with Crippen molar-refractivity contribution in [2.24, 2.45) is 0 Å². The van der Waals surface area contributed by atoms with Crippen molar-refractivity contribution < 1.29 is 8.78 Å². The molecule has 1 aliphatic carbocycles. The van der Waals surface area contributed by atoms with Gasteiger partial charge in [-0.2, -0.15) is 0 Å². The van der Waals surface area contributed by atoms with Gasteiger partial charge in [0, 0.05) is 61.1 Å². The molecule has 0 N–H and O–H groups in total. The van der Waals surface area contributed by atoms with Crippen molar-refractivity contribution in [1.82, 2.24) is 4.40 Å². The summed E-state index contributed by atoms with van der Waals surface area (Å²) >= 11 is 0. The van der Waals surface area contributed by atoms with Gasteiger partial charge in [0.05, 0.1) is 16.6 Å². The summed E-state index contributed by atoms with van der Waals surface area (Å²) in [6.07, 6.45) is 0. The highest BCUT2D eigenvalue weighted by molar-refractivity contribution is 6.30. The first-order chi connectivity index (χ1) is 32.5. The maximum atomic E-state index is 14.4. The first-order valence-corrected chi connectivity index (χ1v) is 23.7. The molecule has 334 valence electrons. The van der Waals surface area contributed by atoms with E-state index in [9.17, 15) is 8.78 Å². The standard InChI is InChI=1S/C63H53F2N3/c1-36-26-37(2)29-47(28-36)66(43-14-10-41(64)11-15-43)45-19-21-52-56(34-45)63(8,9)55-24-22-51-50(59(52)55)23-25-57-60(51)54-33-40(62(5,6)7)32-53-49-20-18-46(35-58(49)68(57)61(53)54)67(44-16-12-42(65)13-17-44)48-30-38(3)27-39(4)31-48/h10-35H,1-9H3. The van der Waals surface area contributed by atoms with Gasteiger partial charge in [-0.3, -0.25) is 0 Å². The molecule has 2 aromatic heterocycles. The molecule has 68 heavy (non-hydrogen) atoms. The second kappa shape index (κ2) is 14.7. The quantitative estimate of drug-likeness (QED) is 0.165. The lowest BCUT2D eigenvalue weighted by Gasteiger charge is -2.28. The van der Waals surface area contributed by atoms with Gasteiger partial charge in [0.15, 0.2) is 0 Å². The summed E-state index contributed by atoms with van der Waals surface area (Å²) in [5.41, 5.74) is 20.2. The summed E-state index contributed by atoms with van der Waals surface area (Å²) in [7, 11) is 0. The molecule has 1 aliphatic rings. The minimum atomic E-state index is -0.283. The van der Waals surface area contributed by atoms with E-state index in [0.717, 1.165) is 39.6 Å². The zero-order valence-corrected chi connectivity index (χ0v) is 40.1. The molecule has 5 heteroatoms. The summed E-state index contributed by atoms with van der Waals surface area (Å²) in [6, 6.07) is 54.8. The third-order valence-corrected chi connectivity index (χ3v) is 14.6. The Morgan fingerprint density at radius 1 is 0.426 bits per heavy atom. The number of benzene rings is 9. The summed E-state index contributed by atoms with van der Waals surface area (Å²) < 4.78 is 31.3. The number of anilines is 6. The number of hydrogen-bond donors (Lipinski definition) is 0. The van der Waals surface area contributed by atoms with E-state index in [0.29, 0.717) is 0 Å². The van der Waals surface area contributed by atoms with Crippen LogP contribution >= 0.6 is 0 Å². The average molecular weight is 890 g/mol. The molecule has 0 amide bonds. The van der Waals surface area contributed by atoms with E-state index in [1.807, 2.05) is 24.3 Å². The Morgan fingerprint density at radius 2 is 0.926 bits per heavy atom. The van der Waals surface area contributed by atoms with Crippen LogP contribution < -0.4 is 9.80 Å². The molecule has 0 aliphatic heterocycles. The molecule has 3 nitrogen and oxygen atoms in total. The molecule has 0 bridgehead atoms. The number of fused-ring (bicyclic) bond motifs is 12. The third kappa shape index (κ3) is 6.35. The molecule has 0 radical (unpaired) electrons. The molecule has 2 heterocycles. The van der Waals surface area contributed by atoms with Crippen molar-refractivity contribution in [1.29, 1.82) is 0 Å². The Hall–Kier alpha value is -7.50. The van der Waals surface area contributed by atoms with Gasteiger partial charge in [0.25, 0.3) is 0 Å². The van der Waals surface area contributed by atoms with Crippen LogP contribution in [-0.4, -0.2) is 4.40 Å². The molecule has 0 saturated carbocycles. The normalized spacial score (nSPS) is 13.3. The molecule has 0 spiro atoms. The molecule has 9 aromatic carbocycles. The zero-order chi connectivity index (χ0) is 47.1. The van der Waals surface area contributed by atoms with Crippen LogP contribution in [0.5, 0.6) is 0 Å². The van der Waals surface area contributed by atoms with Gasteiger partial charge in [-0.15, -0.1) is 0 Å². The summed E-state index contributed by atoms with van der Waals surface area (Å²) in [5, 5.41) is 7.44. The van der Waals surface area contributed by atoms with Gasteiger partial charge in [-0.1, -0.05) is 77.1 Å². The van der Waals surface area contributed by atoms with Crippen molar-refractivity contribution in [3.05, 3.63) is 208 Å². The number of halogens is 2.